The number of piperidine rings is 1. The molecular formula is C22H24N4O5. The van der Waals surface area contributed by atoms with E-state index in [1.807, 2.05) is 13.0 Å². The predicted octanol–water partition coefficient (Wildman–Crippen LogP) is 2.32. The summed E-state index contributed by atoms with van der Waals surface area (Å²) in [4.78, 5) is 27.9. The van der Waals surface area contributed by atoms with Gasteiger partial charge < -0.3 is 14.0 Å². The number of ether oxygens (including phenoxy) is 2. The molecule has 0 spiro atoms. The molecule has 1 aromatic carbocycles. The van der Waals surface area contributed by atoms with Gasteiger partial charge in [-0.15, -0.1) is 0 Å². The van der Waals surface area contributed by atoms with Crippen molar-refractivity contribution in [3.8, 4) is 11.5 Å². The minimum Gasteiger partial charge on any atom is -0.486 e. The van der Waals surface area contributed by atoms with Gasteiger partial charge in [0.1, 0.15) is 19.0 Å². The average molecular weight is 424 g/mol. The first-order valence-electron chi connectivity index (χ1n) is 10.5. The summed E-state index contributed by atoms with van der Waals surface area (Å²) < 4.78 is 17.7. The van der Waals surface area contributed by atoms with Crippen LogP contribution in [0.2, 0.25) is 0 Å². The smallest absolute Gasteiger partial charge is 0.298 e. The van der Waals surface area contributed by atoms with Crippen molar-refractivity contribution in [2.24, 2.45) is 5.92 Å². The lowest BCUT2D eigenvalue weighted by atomic mass is 9.89. The Morgan fingerprint density at radius 3 is 2.65 bits per heavy atom. The number of aryl methyl sites for hydroxylation is 2. The molecule has 0 saturated carbocycles. The van der Waals surface area contributed by atoms with Gasteiger partial charge >= 0.3 is 0 Å². The van der Waals surface area contributed by atoms with Crippen molar-refractivity contribution < 1.29 is 18.8 Å². The Morgan fingerprint density at radius 1 is 1.13 bits per heavy atom. The maximum Gasteiger partial charge on any atom is 0.298 e. The van der Waals surface area contributed by atoms with Gasteiger partial charge in [0.25, 0.3) is 5.56 Å². The minimum absolute atomic E-state index is 0.0501. The molecule has 0 aliphatic carbocycles. The number of aromatic nitrogens is 3. The Labute approximate surface area is 178 Å². The van der Waals surface area contributed by atoms with Gasteiger partial charge in [-0.2, -0.15) is 5.10 Å². The molecule has 162 valence electrons. The third-order valence-corrected chi connectivity index (χ3v) is 6.05. The Kier molecular flexibility index (Phi) is 4.97. The summed E-state index contributed by atoms with van der Waals surface area (Å²) in [6.45, 7) is 6.44. The number of fused-ring (bicyclic) bond motifs is 2. The van der Waals surface area contributed by atoms with Crippen LogP contribution in [0.25, 0.3) is 10.9 Å². The summed E-state index contributed by atoms with van der Waals surface area (Å²) in [7, 11) is 0. The van der Waals surface area contributed by atoms with E-state index < -0.39 is 0 Å². The number of rotatable bonds is 4. The van der Waals surface area contributed by atoms with Crippen LogP contribution in [0, 0.1) is 19.8 Å². The molecule has 0 bridgehead atoms. The van der Waals surface area contributed by atoms with Crippen molar-refractivity contribution >= 4 is 16.7 Å². The third kappa shape index (κ3) is 3.59. The van der Waals surface area contributed by atoms with Gasteiger partial charge in [0.2, 0.25) is 0 Å². The largest absolute Gasteiger partial charge is 0.486 e. The van der Waals surface area contributed by atoms with E-state index in [0.717, 1.165) is 18.5 Å². The normalized spacial score (nSPS) is 17.2. The van der Waals surface area contributed by atoms with Crippen LogP contribution in [0.15, 0.2) is 27.5 Å². The Bertz CT molecular complexity index is 1210. The monoisotopic (exact) mass is 424 g/mol. The van der Waals surface area contributed by atoms with Gasteiger partial charge in [0, 0.05) is 24.6 Å². The number of Topliss-reactive ketones (excluding diaryl/α,β-unsaturated/α-hetero) is 1. The van der Waals surface area contributed by atoms with Crippen molar-refractivity contribution in [2.75, 3.05) is 26.3 Å². The zero-order chi connectivity index (χ0) is 21.5. The topological polar surface area (TPSA) is 99.7 Å². The summed E-state index contributed by atoms with van der Waals surface area (Å²) in [5.41, 5.74) is 1.43. The van der Waals surface area contributed by atoms with Gasteiger partial charge in [-0.3, -0.25) is 14.5 Å². The molecule has 31 heavy (non-hydrogen) atoms. The van der Waals surface area contributed by atoms with E-state index in [-0.39, 0.29) is 17.3 Å². The summed E-state index contributed by atoms with van der Waals surface area (Å²) in [6, 6.07) is 5.40. The van der Waals surface area contributed by atoms with Crippen LogP contribution in [-0.2, 0) is 6.67 Å². The van der Waals surface area contributed by atoms with Crippen LogP contribution in [0.3, 0.4) is 0 Å². The van der Waals surface area contributed by atoms with Gasteiger partial charge in [0.15, 0.2) is 22.8 Å². The van der Waals surface area contributed by atoms with Crippen LogP contribution in [0.1, 0.15) is 34.7 Å². The third-order valence-electron chi connectivity index (χ3n) is 6.05. The van der Waals surface area contributed by atoms with Gasteiger partial charge in [-0.25, -0.2) is 4.68 Å². The van der Waals surface area contributed by atoms with E-state index in [4.69, 9.17) is 14.0 Å². The molecule has 3 aromatic rings. The van der Waals surface area contributed by atoms with Crippen molar-refractivity contribution in [3.05, 3.63) is 45.6 Å². The van der Waals surface area contributed by atoms with Crippen molar-refractivity contribution in [2.45, 2.75) is 33.4 Å². The summed E-state index contributed by atoms with van der Waals surface area (Å²) in [5.74, 6) is 2.00. The van der Waals surface area contributed by atoms with E-state index in [0.29, 0.717) is 66.7 Å². The Balaban J connectivity index is 1.26. The minimum atomic E-state index is -0.257. The molecule has 0 amide bonds. The fourth-order valence-electron chi connectivity index (χ4n) is 4.40. The number of carbonyl (C=O) groups is 1. The molecule has 0 unspecified atom stereocenters. The van der Waals surface area contributed by atoms with E-state index in [1.54, 1.807) is 19.1 Å². The van der Waals surface area contributed by atoms with E-state index in [9.17, 15) is 9.59 Å². The van der Waals surface area contributed by atoms with Crippen LogP contribution in [-0.4, -0.2) is 51.9 Å². The standard InChI is InChI=1S/C22H24N4O5/c1-13-19-14(2)31-24-20(19)22(28)26(23-13)12-25-7-5-15(6-8-25)21(27)16-3-4-17-18(11-16)30-10-9-29-17/h3-4,11,15H,5-10,12H2,1-2H3. The highest BCUT2D eigenvalue weighted by Gasteiger charge is 2.27. The van der Waals surface area contributed by atoms with Gasteiger partial charge in [-0.1, -0.05) is 5.16 Å². The second-order valence-corrected chi connectivity index (χ2v) is 8.11. The molecule has 2 aliphatic rings. The molecular weight excluding hydrogens is 400 g/mol. The fourth-order valence-corrected chi connectivity index (χ4v) is 4.40. The van der Waals surface area contributed by atoms with Crippen molar-refractivity contribution in [3.63, 3.8) is 0 Å². The SMILES string of the molecule is Cc1nn(CN2CCC(C(=O)c3ccc4c(c3)OCCO4)CC2)c(=O)c2noc(C)c12. The molecule has 2 aromatic heterocycles. The number of hydrogen-bond donors (Lipinski definition) is 0. The molecule has 0 N–H and O–H groups in total. The summed E-state index contributed by atoms with van der Waals surface area (Å²) in [6.07, 6.45) is 1.46. The lowest BCUT2D eigenvalue weighted by molar-refractivity contribution is 0.0800. The maximum atomic E-state index is 13.0. The van der Waals surface area contributed by atoms with E-state index >= 15 is 0 Å². The quantitative estimate of drug-likeness (QED) is 0.589. The summed E-state index contributed by atoms with van der Waals surface area (Å²) >= 11 is 0. The van der Waals surface area contributed by atoms with Gasteiger partial charge in [-0.05, 0) is 44.9 Å². The first kappa shape index (κ1) is 19.7. The molecule has 0 radical (unpaired) electrons. The fraction of sp³-hybridized carbons (Fsp3) is 0.455. The van der Waals surface area contributed by atoms with Crippen LogP contribution in [0.4, 0.5) is 0 Å². The van der Waals surface area contributed by atoms with Gasteiger partial charge in [0.05, 0.1) is 17.7 Å². The Hall–Kier alpha value is -3.20. The first-order chi connectivity index (χ1) is 15.0. The first-order valence-corrected chi connectivity index (χ1v) is 10.5. The zero-order valence-electron chi connectivity index (χ0n) is 17.6. The highest BCUT2D eigenvalue weighted by molar-refractivity contribution is 5.98. The molecule has 9 nitrogen and oxygen atoms in total. The highest BCUT2D eigenvalue weighted by atomic mass is 16.6. The lowest BCUT2D eigenvalue weighted by Gasteiger charge is -2.31. The van der Waals surface area contributed by atoms with Crippen molar-refractivity contribution in [1.82, 2.24) is 19.8 Å². The zero-order valence-corrected chi connectivity index (χ0v) is 17.6. The number of hydrogen-bond acceptors (Lipinski definition) is 8. The highest BCUT2D eigenvalue weighted by Crippen LogP contribution is 2.32. The predicted molar refractivity (Wildman–Crippen MR) is 112 cm³/mol. The summed E-state index contributed by atoms with van der Waals surface area (Å²) in [5, 5.41) is 9.03. The van der Waals surface area contributed by atoms with Crippen LogP contribution >= 0.6 is 0 Å². The van der Waals surface area contributed by atoms with Crippen molar-refractivity contribution in [1.29, 1.82) is 0 Å². The van der Waals surface area contributed by atoms with Crippen LogP contribution < -0.4 is 15.0 Å². The van der Waals surface area contributed by atoms with E-state index in [2.05, 4.69) is 15.2 Å². The molecule has 1 saturated heterocycles. The number of nitrogens with zero attached hydrogens (tertiary/aromatic N) is 4. The average Bonchev–Trinajstić information content (AvgIpc) is 3.19. The molecule has 4 heterocycles. The Morgan fingerprint density at radius 2 is 1.87 bits per heavy atom. The van der Waals surface area contributed by atoms with Crippen LogP contribution in [0.5, 0.6) is 11.5 Å². The molecule has 0 atom stereocenters. The molecule has 5 rings (SSSR count). The second-order valence-electron chi connectivity index (χ2n) is 8.11. The maximum absolute atomic E-state index is 13.0. The molecule has 2 aliphatic heterocycles. The molecule has 1 fully saturated rings. The number of likely N-dealkylation sites (tertiary alicyclic amines) is 1. The number of benzene rings is 1. The lowest BCUT2D eigenvalue weighted by Crippen LogP contribution is -2.40. The second kappa shape index (κ2) is 7.81. The molecule has 9 heteroatoms. The number of ketones is 1. The van der Waals surface area contributed by atoms with E-state index in [1.165, 1.54) is 4.68 Å². The number of carbonyl (C=O) groups excluding carboxylic acids is 1.